The van der Waals surface area contributed by atoms with Gasteiger partial charge in [0.1, 0.15) is 11.6 Å². The molecule has 33 heavy (non-hydrogen) atoms. The summed E-state index contributed by atoms with van der Waals surface area (Å²) >= 11 is 0. The molecular formula is C22H18F4N4O3. The Balaban J connectivity index is 2.01. The molecule has 3 rings (SSSR count). The predicted octanol–water partition coefficient (Wildman–Crippen LogP) is 4.78. The number of hydrogen-bond donors (Lipinski definition) is 3. The van der Waals surface area contributed by atoms with E-state index in [9.17, 15) is 27.2 Å². The number of anilines is 3. The number of aromatic nitrogens is 1. The van der Waals surface area contributed by atoms with Crippen LogP contribution in [0.4, 0.5) is 34.8 Å². The fourth-order valence-corrected chi connectivity index (χ4v) is 2.85. The molecule has 11 heteroatoms. The van der Waals surface area contributed by atoms with E-state index < -0.39 is 35.3 Å². The third-order valence-corrected chi connectivity index (χ3v) is 4.44. The average Bonchev–Trinajstić information content (AvgIpc) is 2.76. The molecule has 7 nitrogen and oxygen atoms in total. The highest BCUT2D eigenvalue weighted by Gasteiger charge is 2.33. The predicted molar refractivity (Wildman–Crippen MR) is 113 cm³/mol. The molecule has 0 atom stereocenters. The van der Waals surface area contributed by atoms with E-state index in [4.69, 9.17) is 0 Å². The van der Waals surface area contributed by atoms with E-state index in [1.807, 2.05) is 19.1 Å². The number of benzene rings is 2. The van der Waals surface area contributed by atoms with Gasteiger partial charge in [0.25, 0.3) is 11.8 Å². The van der Waals surface area contributed by atoms with E-state index in [1.165, 1.54) is 19.3 Å². The number of halogens is 4. The van der Waals surface area contributed by atoms with Gasteiger partial charge in [-0.15, -0.1) is 13.2 Å². The normalized spacial score (nSPS) is 11.0. The zero-order chi connectivity index (χ0) is 24.2. The SMILES string of the molecule is CNC(=O)c1cnc(Nc2ccccc2C)c(NC(=O)c2cc(F)ccc2OC(F)(F)F)c1. The number of hydrogen-bond acceptors (Lipinski definition) is 5. The van der Waals surface area contributed by atoms with Crippen LogP contribution >= 0.6 is 0 Å². The third kappa shape index (κ3) is 5.97. The maximum atomic E-state index is 13.7. The van der Waals surface area contributed by atoms with Gasteiger partial charge in [0.05, 0.1) is 16.8 Å². The molecule has 3 aromatic rings. The van der Waals surface area contributed by atoms with Gasteiger partial charge in [0.15, 0.2) is 5.82 Å². The first-order valence-corrected chi connectivity index (χ1v) is 9.49. The number of carbonyl (C=O) groups is 2. The Morgan fingerprint density at radius 3 is 2.39 bits per heavy atom. The van der Waals surface area contributed by atoms with E-state index in [-0.39, 0.29) is 17.1 Å². The summed E-state index contributed by atoms with van der Waals surface area (Å²) in [5.74, 6) is -3.32. The molecule has 1 aromatic heterocycles. The second kappa shape index (κ2) is 9.55. The molecular weight excluding hydrogens is 444 g/mol. The maximum absolute atomic E-state index is 13.7. The molecule has 0 unspecified atom stereocenters. The van der Waals surface area contributed by atoms with Crippen molar-refractivity contribution in [2.75, 3.05) is 17.7 Å². The molecule has 2 aromatic carbocycles. The summed E-state index contributed by atoms with van der Waals surface area (Å²) in [6.07, 6.45) is -3.83. The summed E-state index contributed by atoms with van der Waals surface area (Å²) in [4.78, 5) is 29.0. The van der Waals surface area contributed by atoms with Crippen LogP contribution in [0.1, 0.15) is 26.3 Å². The van der Waals surface area contributed by atoms with Crippen molar-refractivity contribution in [1.82, 2.24) is 10.3 Å². The Hall–Kier alpha value is -4.15. The molecule has 1 heterocycles. The fraction of sp³-hybridized carbons (Fsp3) is 0.136. The first kappa shape index (κ1) is 23.5. The van der Waals surface area contributed by atoms with Gasteiger partial charge in [0.2, 0.25) is 0 Å². The number of rotatable bonds is 6. The van der Waals surface area contributed by atoms with Crippen molar-refractivity contribution < 1.29 is 31.9 Å². The first-order valence-electron chi connectivity index (χ1n) is 9.49. The topological polar surface area (TPSA) is 92.4 Å². The van der Waals surface area contributed by atoms with Crippen LogP contribution in [0.2, 0.25) is 0 Å². The molecule has 3 N–H and O–H groups in total. The van der Waals surface area contributed by atoms with Crippen LogP contribution in [0.5, 0.6) is 5.75 Å². The second-order valence-electron chi connectivity index (χ2n) is 6.78. The summed E-state index contributed by atoms with van der Waals surface area (Å²) in [7, 11) is 1.40. The van der Waals surface area contributed by atoms with E-state index in [0.29, 0.717) is 17.8 Å². The second-order valence-corrected chi connectivity index (χ2v) is 6.78. The summed E-state index contributed by atoms with van der Waals surface area (Å²) in [6.45, 7) is 1.83. The number of amides is 2. The van der Waals surface area contributed by atoms with Gasteiger partial charge in [-0.05, 0) is 42.8 Å². The summed E-state index contributed by atoms with van der Waals surface area (Å²) in [5, 5.41) is 7.79. The van der Waals surface area contributed by atoms with Gasteiger partial charge in [-0.2, -0.15) is 0 Å². The van der Waals surface area contributed by atoms with E-state index in [1.54, 1.807) is 12.1 Å². The zero-order valence-corrected chi connectivity index (χ0v) is 17.4. The number of aryl methyl sites for hydroxylation is 1. The van der Waals surface area contributed by atoms with Crippen molar-refractivity contribution in [1.29, 1.82) is 0 Å². The number of nitrogens with one attached hydrogen (secondary N) is 3. The molecule has 0 fully saturated rings. The summed E-state index contributed by atoms with van der Waals surface area (Å²) in [5.41, 5.74) is 0.846. The van der Waals surface area contributed by atoms with Crippen molar-refractivity contribution in [3.8, 4) is 5.75 Å². The molecule has 0 saturated carbocycles. The maximum Gasteiger partial charge on any atom is 0.573 e. The average molecular weight is 462 g/mol. The van der Waals surface area contributed by atoms with Gasteiger partial charge in [-0.3, -0.25) is 9.59 Å². The van der Waals surface area contributed by atoms with Crippen molar-refractivity contribution in [2.45, 2.75) is 13.3 Å². The highest BCUT2D eigenvalue weighted by Crippen LogP contribution is 2.30. The van der Waals surface area contributed by atoms with Crippen LogP contribution in [0.15, 0.2) is 54.7 Å². The van der Waals surface area contributed by atoms with Crippen LogP contribution in [-0.2, 0) is 0 Å². The number of carbonyl (C=O) groups excluding carboxylic acids is 2. The lowest BCUT2D eigenvalue weighted by molar-refractivity contribution is -0.274. The van der Waals surface area contributed by atoms with Crippen LogP contribution < -0.4 is 20.7 Å². The zero-order valence-electron chi connectivity index (χ0n) is 17.4. The summed E-state index contributed by atoms with van der Waals surface area (Å²) < 4.78 is 55.7. The van der Waals surface area contributed by atoms with Crippen molar-refractivity contribution in [2.24, 2.45) is 0 Å². The van der Waals surface area contributed by atoms with Crippen LogP contribution in [0, 0.1) is 12.7 Å². The Morgan fingerprint density at radius 2 is 1.73 bits per heavy atom. The monoisotopic (exact) mass is 462 g/mol. The van der Waals surface area contributed by atoms with Crippen molar-refractivity contribution in [3.63, 3.8) is 0 Å². The van der Waals surface area contributed by atoms with Gasteiger partial charge in [-0.1, -0.05) is 18.2 Å². The minimum Gasteiger partial charge on any atom is -0.405 e. The van der Waals surface area contributed by atoms with Gasteiger partial charge in [-0.25, -0.2) is 9.37 Å². The van der Waals surface area contributed by atoms with Crippen molar-refractivity contribution in [3.05, 3.63) is 77.2 Å². The minimum atomic E-state index is -5.09. The Labute approximate surface area is 185 Å². The largest absolute Gasteiger partial charge is 0.573 e. The Bertz CT molecular complexity index is 1200. The summed E-state index contributed by atoms with van der Waals surface area (Å²) in [6, 6.07) is 10.5. The molecule has 0 spiro atoms. The third-order valence-electron chi connectivity index (χ3n) is 4.44. The number of para-hydroxylation sites is 1. The first-order chi connectivity index (χ1) is 15.6. The lowest BCUT2D eigenvalue weighted by atomic mass is 10.1. The quantitative estimate of drug-likeness (QED) is 0.459. The molecule has 0 radical (unpaired) electrons. The molecule has 172 valence electrons. The Morgan fingerprint density at radius 1 is 1.00 bits per heavy atom. The van der Waals surface area contributed by atoms with Crippen LogP contribution in [0.3, 0.4) is 0 Å². The fourth-order valence-electron chi connectivity index (χ4n) is 2.85. The number of alkyl halides is 3. The molecule has 2 amide bonds. The Kier molecular flexibility index (Phi) is 6.80. The van der Waals surface area contributed by atoms with E-state index in [0.717, 1.165) is 11.6 Å². The minimum absolute atomic E-state index is 0.0217. The number of pyridine rings is 1. The molecule has 0 aliphatic heterocycles. The lowest BCUT2D eigenvalue weighted by Crippen LogP contribution is -2.22. The smallest absolute Gasteiger partial charge is 0.405 e. The van der Waals surface area contributed by atoms with Gasteiger partial charge in [0, 0.05) is 18.9 Å². The molecule has 0 aliphatic rings. The number of nitrogens with zero attached hydrogens (tertiary/aromatic N) is 1. The molecule has 0 saturated heterocycles. The molecule has 0 aliphatic carbocycles. The standard InChI is InChI=1S/C22H18F4N4O3/c1-12-5-3-4-6-16(12)29-19-17(9-13(11-28-19)20(31)27-2)30-21(32)15-10-14(23)7-8-18(15)33-22(24,25)26/h3-11H,1-2H3,(H,27,31)(H,28,29)(H,30,32). The van der Waals surface area contributed by atoms with E-state index in [2.05, 4.69) is 25.7 Å². The van der Waals surface area contributed by atoms with Gasteiger partial charge < -0.3 is 20.7 Å². The lowest BCUT2D eigenvalue weighted by Gasteiger charge is -2.16. The number of ether oxygens (including phenoxy) is 1. The van der Waals surface area contributed by atoms with Crippen LogP contribution in [0.25, 0.3) is 0 Å². The highest BCUT2D eigenvalue weighted by atomic mass is 19.4. The van der Waals surface area contributed by atoms with Crippen LogP contribution in [-0.4, -0.2) is 30.2 Å². The van der Waals surface area contributed by atoms with E-state index >= 15 is 0 Å². The van der Waals surface area contributed by atoms with Crippen molar-refractivity contribution >= 4 is 29.0 Å². The van der Waals surface area contributed by atoms with Gasteiger partial charge >= 0.3 is 6.36 Å². The molecule has 0 bridgehead atoms. The highest BCUT2D eigenvalue weighted by molar-refractivity contribution is 6.08.